The van der Waals surface area contributed by atoms with Gasteiger partial charge in [-0.15, -0.1) is 0 Å². The number of Topliss-reactive ketones (excluding diaryl/α,β-unsaturated/α-hetero) is 1. The molecular weight excluding hydrogens is 292 g/mol. The summed E-state index contributed by atoms with van der Waals surface area (Å²) in [7, 11) is 0. The second-order valence-corrected chi connectivity index (χ2v) is 4.35. The highest BCUT2D eigenvalue weighted by Gasteiger charge is 2.14. The van der Waals surface area contributed by atoms with Crippen LogP contribution in [-0.2, 0) is 14.3 Å². The van der Waals surface area contributed by atoms with E-state index in [2.05, 4.69) is 0 Å². The summed E-state index contributed by atoms with van der Waals surface area (Å²) in [6.07, 6.45) is 1.54. The van der Waals surface area contributed by atoms with E-state index in [0.29, 0.717) is 12.2 Å². The molecule has 0 aliphatic heterocycles. The summed E-state index contributed by atoms with van der Waals surface area (Å²) >= 11 is 0. The predicted molar refractivity (Wildman–Crippen MR) is 96.5 cm³/mol. The van der Waals surface area contributed by atoms with Gasteiger partial charge in [0.05, 0.1) is 0 Å². The zero-order chi connectivity index (χ0) is 16.1. The van der Waals surface area contributed by atoms with Crippen molar-refractivity contribution >= 4 is 11.8 Å². The maximum atomic E-state index is 11.5. The zero-order valence-corrected chi connectivity index (χ0v) is 13.4. The van der Waals surface area contributed by atoms with E-state index in [1.807, 2.05) is 39.0 Å². The smallest absolute Gasteiger partial charge is 0.308 e. The fraction of sp³-hybridized carbons (Fsp3) is 0.579. The SMILES string of the molecule is C.C.CC.CCC(CCC(=O)OCOc1ccccc1)C(C)=O. The third-order valence-corrected chi connectivity index (χ3v) is 2.95. The molecule has 1 aromatic rings. The fourth-order valence-corrected chi connectivity index (χ4v) is 1.74. The summed E-state index contributed by atoms with van der Waals surface area (Å²) < 4.78 is 10.2. The average molecular weight is 326 g/mol. The van der Waals surface area contributed by atoms with Crippen LogP contribution in [0.15, 0.2) is 30.3 Å². The van der Waals surface area contributed by atoms with Crippen LogP contribution >= 0.6 is 0 Å². The van der Waals surface area contributed by atoms with E-state index < -0.39 is 0 Å². The van der Waals surface area contributed by atoms with Gasteiger partial charge in [-0.25, -0.2) is 0 Å². The van der Waals surface area contributed by atoms with Gasteiger partial charge in [0.15, 0.2) is 0 Å². The van der Waals surface area contributed by atoms with Crippen molar-refractivity contribution in [2.45, 2.75) is 61.8 Å². The van der Waals surface area contributed by atoms with Gasteiger partial charge in [0.2, 0.25) is 6.79 Å². The summed E-state index contributed by atoms with van der Waals surface area (Å²) in [5, 5.41) is 0. The van der Waals surface area contributed by atoms with Gasteiger partial charge < -0.3 is 9.47 Å². The molecule has 0 saturated heterocycles. The highest BCUT2D eigenvalue weighted by Crippen LogP contribution is 2.13. The number of esters is 1. The zero-order valence-electron chi connectivity index (χ0n) is 13.4. The second kappa shape index (κ2) is 16.5. The van der Waals surface area contributed by atoms with Crippen molar-refractivity contribution in [2.24, 2.45) is 5.92 Å². The van der Waals surface area contributed by atoms with Crippen molar-refractivity contribution in [2.75, 3.05) is 6.79 Å². The van der Waals surface area contributed by atoms with Crippen LogP contribution in [0.25, 0.3) is 0 Å². The fourth-order valence-electron chi connectivity index (χ4n) is 1.74. The van der Waals surface area contributed by atoms with Gasteiger partial charge in [-0.2, -0.15) is 0 Å². The molecule has 1 unspecified atom stereocenters. The van der Waals surface area contributed by atoms with Crippen molar-refractivity contribution in [3.63, 3.8) is 0 Å². The predicted octanol–water partition coefficient (Wildman–Crippen LogP) is 5.26. The quantitative estimate of drug-likeness (QED) is 0.483. The first-order valence-corrected chi connectivity index (χ1v) is 7.47. The first-order chi connectivity index (χ1) is 10.1. The van der Waals surface area contributed by atoms with Crippen molar-refractivity contribution in [1.29, 1.82) is 0 Å². The molecule has 0 aromatic heterocycles. The van der Waals surface area contributed by atoms with Crippen molar-refractivity contribution in [3.8, 4) is 5.75 Å². The minimum atomic E-state index is -0.337. The maximum absolute atomic E-state index is 11.5. The molecule has 23 heavy (non-hydrogen) atoms. The van der Waals surface area contributed by atoms with Crippen LogP contribution in [0, 0.1) is 5.92 Å². The number of benzene rings is 1. The highest BCUT2D eigenvalue weighted by atomic mass is 16.7. The van der Waals surface area contributed by atoms with Crippen LogP contribution < -0.4 is 4.74 Å². The molecule has 1 rings (SSSR count). The molecule has 0 spiro atoms. The number of ketones is 1. The van der Waals surface area contributed by atoms with Gasteiger partial charge >= 0.3 is 5.97 Å². The van der Waals surface area contributed by atoms with Crippen LogP contribution in [0.3, 0.4) is 0 Å². The third-order valence-electron chi connectivity index (χ3n) is 2.95. The van der Waals surface area contributed by atoms with E-state index in [-0.39, 0.29) is 45.7 Å². The molecule has 0 radical (unpaired) electrons. The largest absolute Gasteiger partial charge is 0.457 e. The average Bonchev–Trinajstić information content (AvgIpc) is 2.50. The molecule has 0 bridgehead atoms. The van der Waals surface area contributed by atoms with Gasteiger partial charge in [0.1, 0.15) is 11.5 Å². The lowest BCUT2D eigenvalue weighted by atomic mass is 9.97. The Bertz CT molecular complexity index is 401. The van der Waals surface area contributed by atoms with Gasteiger partial charge in [0, 0.05) is 12.3 Å². The molecule has 1 aromatic carbocycles. The standard InChI is InChI=1S/C15H20O4.C2H6.2CH4/c1-3-13(12(2)16)9-10-15(17)19-11-18-14-7-5-4-6-8-14;1-2;;/h4-8,13H,3,9-11H2,1-2H3;1-2H3;2*1H4. The molecule has 134 valence electrons. The Balaban J connectivity index is -0.000000960. The molecule has 1 atom stereocenters. The van der Waals surface area contributed by atoms with Crippen LogP contribution in [0.4, 0.5) is 0 Å². The van der Waals surface area contributed by atoms with Gasteiger partial charge in [-0.05, 0) is 31.9 Å². The Hall–Kier alpha value is -1.84. The first-order valence-electron chi connectivity index (χ1n) is 7.47. The van der Waals surface area contributed by atoms with Crippen molar-refractivity contribution in [1.82, 2.24) is 0 Å². The molecule has 0 heterocycles. The van der Waals surface area contributed by atoms with Gasteiger partial charge in [0.25, 0.3) is 0 Å². The Morgan fingerprint density at radius 1 is 1.09 bits per heavy atom. The van der Waals surface area contributed by atoms with Gasteiger partial charge in [-0.3, -0.25) is 9.59 Å². The van der Waals surface area contributed by atoms with Crippen LogP contribution in [0.2, 0.25) is 0 Å². The Labute approximate surface area is 142 Å². The first kappa shape index (κ1) is 26.1. The van der Waals surface area contributed by atoms with Crippen LogP contribution in [0.1, 0.15) is 61.8 Å². The Morgan fingerprint density at radius 3 is 2.13 bits per heavy atom. The molecule has 4 heteroatoms. The molecule has 0 N–H and O–H groups in total. The Kier molecular flexibility index (Phi) is 18.7. The second-order valence-electron chi connectivity index (χ2n) is 4.35. The minimum absolute atomic E-state index is 0. The topological polar surface area (TPSA) is 52.6 Å². The highest BCUT2D eigenvalue weighted by molar-refractivity contribution is 5.79. The third kappa shape index (κ3) is 12.4. The summed E-state index contributed by atoms with van der Waals surface area (Å²) in [6, 6.07) is 9.14. The molecule has 0 amide bonds. The maximum Gasteiger partial charge on any atom is 0.308 e. The van der Waals surface area contributed by atoms with E-state index in [1.54, 1.807) is 19.1 Å². The van der Waals surface area contributed by atoms with Crippen LogP contribution in [-0.4, -0.2) is 18.5 Å². The Morgan fingerprint density at radius 2 is 1.65 bits per heavy atom. The lowest BCUT2D eigenvalue weighted by Crippen LogP contribution is -2.15. The summed E-state index contributed by atoms with van der Waals surface area (Å²) in [5.41, 5.74) is 0. The van der Waals surface area contributed by atoms with Crippen molar-refractivity contribution in [3.05, 3.63) is 30.3 Å². The summed E-state index contributed by atoms with van der Waals surface area (Å²) in [6.45, 7) is 7.40. The van der Waals surface area contributed by atoms with E-state index in [4.69, 9.17) is 9.47 Å². The number of carbonyl (C=O) groups is 2. The number of hydrogen-bond donors (Lipinski definition) is 0. The summed E-state index contributed by atoms with van der Waals surface area (Å²) in [4.78, 5) is 22.7. The number of rotatable bonds is 8. The number of ether oxygens (including phenoxy) is 2. The molecule has 0 fully saturated rings. The van der Waals surface area contributed by atoms with Crippen LogP contribution in [0.5, 0.6) is 5.75 Å². The minimum Gasteiger partial charge on any atom is -0.457 e. The lowest BCUT2D eigenvalue weighted by Gasteiger charge is -2.11. The monoisotopic (exact) mass is 326 g/mol. The van der Waals surface area contributed by atoms with E-state index in [1.165, 1.54) is 0 Å². The number of para-hydroxylation sites is 1. The van der Waals surface area contributed by atoms with E-state index >= 15 is 0 Å². The molecule has 0 aliphatic rings. The number of carbonyl (C=O) groups excluding carboxylic acids is 2. The van der Waals surface area contributed by atoms with Gasteiger partial charge in [-0.1, -0.05) is 53.8 Å². The lowest BCUT2D eigenvalue weighted by molar-refractivity contribution is -0.150. The van der Waals surface area contributed by atoms with Crippen molar-refractivity contribution < 1.29 is 19.1 Å². The normalized spacial score (nSPS) is 9.91. The van der Waals surface area contributed by atoms with E-state index in [9.17, 15) is 9.59 Å². The molecule has 0 saturated carbocycles. The molecule has 4 nitrogen and oxygen atoms in total. The summed E-state index contributed by atoms with van der Waals surface area (Å²) in [5.74, 6) is 0.388. The molecule has 0 aliphatic carbocycles. The van der Waals surface area contributed by atoms with E-state index in [0.717, 1.165) is 6.42 Å². The molecular formula is C19H34O4. The number of hydrogen-bond acceptors (Lipinski definition) is 4.